The second kappa shape index (κ2) is 6.00. The maximum Gasteiger partial charge on any atom is 0.410 e. The molecule has 0 aromatic heterocycles. The van der Waals surface area contributed by atoms with E-state index in [1.54, 1.807) is 0 Å². The second-order valence-electron chi connectivity index (χ2n) is 6.99. The van der Waals surface area contributed by atoms with Crippen LogP contribution in [0.4, 0.5) is 9.59 Å². The molecule has 1 aromatic carbocycles. The number of nitrogens with one attached hydrogen (secondary N) is 1. The molecule has 3 saturated heterocycles. The number of hydrogen-bond donors (Lipinski definition) is 1. The highest BCUT2D eigenvalue weighted by molar-refractivity contribution is 5.70. The summed E-state index contributed by atoms with van der Waals surface area (Å²) in [6.45, 7) is 0.941. The van der Waals surface area contributed by atoms with E-state index in [0.717, 1.165) is 37.7 Å². The molecule has 3 aliphatic rings. The minimum atomic E-state index is -0.398. The fourth-order valence-electron chi connectivity index (χ4n) is 4.36. The Labute approximate surface area is 141 Å². The molecule has 1 aromatic rings. The number of alkyl carbamates (subject to hydrolysis) is 1. The van der Waals surface area contributed by atoms with Gasteiger partial charge in [-0.2, -0.15) is 0 Å². The summed E-state index contributed by atoms with van der Waals surface area (Å²) < 4.78 is 11.1. The predicted octanol–water partition coefficient (Wildman–Crippen LogP) is 2.82. The van der Waals surface area contributed by atoms with E-state index in [0.29, 0.717) is 13.2 Å². The van der Waals surface area contributed by atoms with E-state index in [-0.39, 0.29) is 24.3 Å². The van der Waals surface area contributed by atoms with Gasteiger partial charge in [-0.05, 0) is 18.4 Å². The van der Waals surface area contributed by atoms with Crippen molar-refractivity contribution >= 4 is 12.2 Å². The Bertz CT molecular complexity index is 619. The molecule has 1 N–H and O–H groups in total. The van der Waals surface area contributed by atoms with Gasteiger partial charge in [0, 0.05) is 37.9 Å². The monoisotopic (exact) mass is 330 g/mol. The number of carbonyl (C=O) groups excluding carboxylic acids is 2. The summed E-state index contributed by atoms with van der Waals surface area (Å²) in [6, 6.07) is 9.92. The molecule has 4 rings (SSSR count). The lowest BCUT2D eigenvalue weighted by atomic mass is 9.83. The molecule has 3 aliphatic heterocycles. The van der Waals surface area contributed by atoms with Gasteiger partial charge in [0.25, 0.3) is 0 Å². The van der Waals surface area contributed by atoms with Gasteiger partial charge in [0.1, 0.15) is 12.2 Å². The first kappa shape index (κ1) is 15.3. The average Bonchev–Trinajstić information content (AvgIpc) is 2.86. The Balaban J connectivity index is 1.41. The van der Waals surface area contributed by atoms with Crippen molar-refractivity contribution in [1.82, 2.24) is 10.2 Å². The first-order valence-corrected chi connectivity index (χ1v) is 8.61. The number of piperidine rings is 1. The zero-order valence-corrected chi connectivity index (χ0v) is 13.6. The second-order valence-corrected chi connectivity index (χ2v) is 6.99. The van der Waals surface area contributed by atoms with Crippen LogP contribution in [0.3, 0.4) is 0 Å². The summed E-state index contributed by atoms with van der Waals surface area (Å²) in [4.78, 5) is 26.0. The highest BCUT2D eigenvalue weighted by atomic mass is 16.6. The number of benzene rings is 1. The van der Waals surface area contributed by atoms with Crippen LogP contribution in [0.15, 0.2) is 30.3 Å². The number of hydrogen-bond acceptors (Lipinski definition) is 4. The van der Waals surface area contributed by atoms with Gasteiger partial charge >= 0.3 is 12.2 Å². The molecule has 0 aliphatic carbocycles. The molecule has 2 bridgehead atoms. The summed E-state index contributed by atoms with van der Waals surface area (Å²) in [7, 11) is 0. The maximum absolute atomic E-state index is 12.6. The number of ether oxygens (including phenoxy) is 2. The van der Waals surface area contributed by atoms with Crippen LogP contribution >= 0.6 is 0 Å². The Kier molecular flexibility index (Phi) is 3.82. The number of amides is 2. The third kappa shape index (κ3) is 2.81. The molecular formula is C18H22N2O4. The first-order chi connectivity index (χ1) is 11.7. The average molecular weight is 330 g/mol. The molecule has 1 spiro atoms. The Hall–Kier alpha value is -2.24. The molecule has 3 fully saturated rings. The van der Waals surface area contributed by atoms with Crippen molar-refractivity contribution in [2.75, 3.05) is 6.54 Å². The summed E-state index contributed by atoms with van der Waals surface area (Å²) in [6.07, 6.45) is 3.59. The molecule has 2 amide bonds. The number of rotatable bonds is 2. The fourth-order valence-corrected chi connectivity index (χ4v) is 4.36. The Morgan fingerprint density at radius 2 is 1.96 bits per heavy atom. The van der Waals surface area contributed by atoms with Gasteiger partial charge in [-0.1, -0.05) is 30.3 Å². The van der Waals surface area contributed by atoms with Crippen LogP contribution in [0.25, 0.3) is 0 Å². The molecular weight excluding hydrogens is 308 g/mol. The zero-order chi connectivity index (χ0) is 16.6. The molecule has 24 heavy (non-hydrogen) atoms. The van der Waals surface area contributed by atoms with Crippen molar-refractivity contribution in [2.24, 2.45) is 0 Å². The highest BCUT2D eigenvalue weighted by Crippen LogP contribution is 2.45. The van der Waals surface area contributed by atoms with Gasteiger partial charge in [0.05, 0.1) is 0 Å². The van der Waals surface area contributed by atoms with Crippen LogP contribution in [-0.2, 0) is 16.1 Å². The van der Waals surface area contributed by atoms with E-state index in [1.807, 2.05) is 35.2 Å². The smallest absolute Gasteiger partial charge is 0.410 e. The number of nitrogens with zero attached hydrogens (tertiary/aromatic N) is 1. The fraction of sp³-hybridized carbons (Fsp3) is 0.556. The van der Waals surface area contributed by atoms with Gasteiger partial charge in [-0.3, -0.25) is 0 Å². The van der Waals surface area contributed by atoms with Crippen molar-refractivity contribution in [3.63, 3.8) is 0 Å². The molecule has 6 nitrogen and oxygen atoms in total. The third-order valence-corrected chi connectivity index (χ3v) is 5.41. The van der Waals surface area contributed by atoms with E-state index >= 15 is 0 Å². The SMILES string of the molecule is O=C1NCCC2(CC3CCC(C2)N3C(=O)OCc2ccccc2)O1. The van der Waals surface area contributed by atoms with Gasteiger partial charge < -0.3 is 19.7 Å². The minimum absolute atomic E-state index is 0.109. The number of fused-ring (bicyclic) bond motifs is 2. The Morgan fingerprint density at radius 3 is 2.62 bits per heavy atom. The highest BCUT2D eigenvalue weighted by Gasteiger charge is 2.53. The summed E-state index contributed by atoms with van der Waals surface area (Å²) in [5, 5.41) is 2.71. The molecule has 2 unspecified atom stereocenters. The standard InChI is InChI=1S/C18H22N2O4/c21-16-19-9-8-18(24-16)10-14-6-7-15(11-18)20(14)17(22)23-12-13-4-2-1-3-5-13/h1-5,14-15H,6-12H2,(H,19,21). The van der Waals surface area contributed by atoms with Gasteiger partial charge in [0.15, 0.2) is 0 Å². The van der Waals surface area contributed by atoms with Gasteiger partial charge in [-0.15, -0.1) is 0 Å². The van der Waals surface area contributed by atoms with Crippen LogP contribution in [0.5, 0.6) is 0 Å². The van der Waals surface area contributed by atoms with Crippen molar-refractivity contribution < 1.29 is 19.1 Å². The van der Waals surface area contributed by atoms with E-state index in [1.165, 1.54) is 0 Å². The quantitative estimate of drug-likeness (QED) is 0.905. The topological polar surface area (TPSA) is 67.9 Å². The van der Waals surface area contributed by atoms with Crippen molar-refractivity contribution in [3.8, 4) is 0 Å². The molecule has 2 atom stereocenters. The summed E-state index contributed by atoms with van der Waals surface area (Å²) in [5.74, 6) is 0. The Morgan fingerprint density at radius 1 is 1.25 bits per heavy atom. The zero-order valence-electron chi connectivity index (χ0n) is 13.6. The van der Waals surface area contributed by atoms with E-state index in [2.05, 4.69) is 5.32 Å². The summed E-state index contributed by atoms with van der Waals surface area (Å²) >= 11 is 0. The molecule has 6 heteroatoms. The first-order valence-electron chi connectivity index (χ1n) is 8.61. The van der Waals surface area contributed by atoms with Gasteiger partial charge in [0.2, 0.25) is 0 Å². The maximum atomic E-state index is 12.6. The molecule has 0 radical (unpaired) electrons. The van der Waals surface area contributed by atoms with E-state index in [4.69, 9.17) is 9.47 Å². The van der Waals surface area contributed by atoms with Crippen molar-refractivity contribution in [3.05, 3.63) is 35.9 Å². The molecule has 128 valence electrons. The van der Waals surface area contributed by atoms with Crippen molar-refractivity contribution in [1.29, 1.82) is 0 Å². The van der Waals surface area contributed by atoms with Crippen LogP contribution in [0, 0.1) is 0 Å². The lowest BCUT2D eigenvalue weighted by molar-refractivity contribution is -0.0735. The normalized spacial score (nSPS) is 31.5. The van der Waals surface area contributed by atoms with Gasteiger partial charge in [-0.25, -0.2) is 9.59 Å². The number of carbonyl (C=O) groups is 2. The lowest BCUT2D eigenvalue weighted by Crippen LogP contribution is -2.58. The van der Waals surface area contributed by atoms with Crippen molar-refractivity contribution in [2.45, 2.75) is 56.4 Å². The van der Waals surface area contributed by atoms with Crippen LogP contribution in [-0.4, -0.2) is 41.3 Å². The predicted molar refractivity (Wildman–Crippen MR) is 86.3 cm³/mol. The lowest BCUT2D eigenvalue weighted by Gasteiger charge is -2.46. The van der Waals surface area contributed by atoms with E-state index < -0.39 is 5.60 Å². The van der Waals surface area contributed by atoms with Crippen LogP contribution in [0.2, 0.25) is 0 Å². The largest absolute Gasteiger partial charge is 0.445 e. The van der Waals surface area contributed by atoms with Crippen LogP contribution in [0.1, 0.15) is 37.7 Å². The molecule has 3 heterocycles. The van der Waals surface area contributed by atoms with Crippen LogP contribution < -0.4 is 5.32 Å². The third-order valence-electron chi connectivity index (χ3n) is 5.41. The summed E-state index contributed by atoms with van der Waals surface area (Å²) in [5.41, 5.74) is 0.587. The molecule has 0 saturated carbocycles. The minimum Gasteiger partial charge on any atom is -0.445 e. The van der Waals surface area contributed by atoms with E-state index in [9.17, 15) is 9.59 Å².